The molecule has 1 rings (SSSR count). The molecule has 0 amide bonds. The molecule has 0 aliphatic heterocycles. The zero-order chi connectivity index (χ0) is 11.6. The van der Waals surface area contributed by atoms with Gasteiger partial charge in [0.15, 0.2) is 0 Å². The quantitative estimate of drug-likeness (QED) is 0.688. The molecule has 0 fully saturated rings. The molecule has 4 heteroatoms. The highest BCUT2D eigenvalue weighted by atomic mass is 31.0. The van der Waals surface area contributed by atoms with E-state index in [1.807, 2.05) is 13.8 Å². The van der Waals surface area contributed by atoms with Gasteiger partial charge in [-0.05, 0) is 35.3 Å². The smallest absolute Gasteiger partial charge is 0.166 e. The van der Waals surface area contributed by atoms with Crippen molar-refractivity contribution in [3.05, 3.63) is 29.3 Å². The zero-order valence-electron chi connectivity index (χ0n) is 8.73. The minimum absolute atomic E-state index is 0.354. The predicted octanol–water partition coefficient (Wildman–Crippen LogP) is 3.40. The van der Waals surface area contributed by atoms with E-state index < -0.39 is 11.7 Å². The number of rotatable bonds is 2. The number of benzene rings is 1. The van der Waals surface area contributed by atoms with E-state index >= 15 is 0 Å². The fourth-order valence-corrected chi connectivity index (χ4v) is 1.70. The lowest BCUT2D eigenvalue weighted by molar-refractivity contribution is -0.137. The normalized spacial score (nSPS) is 12.2. The van der Waals surface area contributed by atoms with Crippen molar-refractivity contribution in [3.63, 3.8) is 0 Å². The van der Waals surface area contributed by atoms with E-state index in [-0.39, 0.29) is 0 Å². The number of alkyl halides is 3. The fraction of sp³-hybridized carbons (Fsp3) is 0.455. The van der Waals surface area contributed by atoms with Crippen LogP contribution in [0.2, 0.25) is 0 Å². The second-order valence-electron chi connectivity index (χ2n) is 4.01. The van der Waals surface area contributed by atoms with Gasteiger partial charge in [-0.2, -0.15) is 13.2 Å². The van der Waals surface area contributed by atoms with Gasteiger partial charge >= 0.3 is 6.18 Å². The van der Waals surface area contributed by atoms with Crippen molar-refractivity contribution in [2.24, 2.45) is 5.92 Å². The zero-order valence-corrected chi connectivity index (χ0v) is 9.88. The van der Waals surface area contributed by atoms with Gasteiger partial charge in [-0.15, -0.1) is 9.24 Å². The SMILES string of the molecule is CC(C)Cc1cc(C(F)(F)F)ccc1P. The Labute approximate surface area is 90.1 Å². The number of hydrogen-bond donors (Lipinski definition) is 0. The van der Waals surface area contributed by atoms with Crippen molar-refractivity contribution in [2.75, 3.05) is 0 Å². The minimum Gasteiger partial charge on any atom is -0.166 e. The molecule has 0 saturated heterocycles. The van der Waals surface area contributed by atoms with Crippen LogP contribution in [-0.2, 0) is 12.6 Å². The summed E-state index contributed by atoms with van der Waals surface area (Å²) in [5, 5.41) is 0.844. The van der Waals surface area contributed by atoms with Crippen LogP contribution in [0.15, 0.2) is 18.2 Å². The molecule has 0 aliphatic rings. The maximum Gasteiger partial charge on any atom is 0.416 e. The van der Waals surface area contributed by atoms with E-state index in [2.05, 4.69) is 9.24 Å². The largest absolute Gasteiger partial charge is 0.416 e. The third-order valence-corrected chi connectivity index (χ3v) is 2.66. The first-order valence-corrected chi connectivity index (χ1v) is 5.34. The fourth-order valence-electron chi connectivity index (χ4n) is 1.40. The molecule has 0 spiro atoms. The standard InChI is InChI=1S/C11H14F3P/c1-7(2)5-8-6-9(11(12,13)14)3-4-10(8)15/h3-4,6-7H,5,15H2,1-2H3. The van der Waals surface area contributed by atoms with Gasteiger partial charge in [-0.25, -0.2) is 0 Å². The summed E-state index contributed by atoms with van der Waals surface area (Å²) in [6.07, 6.45) is -3.58. The third kappa shape index (κ3) is 3.49. The number of hydrogen-bond acceptors (Lipinski definition) is 0. The van der Waals surface area contributed by atoms with Gasteiger partial charge < -0.3 is 0 Å². The maximum atomic E-state index is 12.4. The Kier molecular flexibility index (Phi) is 3.77. The molecule has 1 atom stereocenters. The molecule has 0 N–H and O–H groups in total. The average molecular weight is 234 g/mol. The molecule has 0 bridgehead atoms. The summed E-state index contributed by atoms with van der Waals surface area (Å²) in [6, 6.07) is 3.86. The van der Waals surface area contributed by atoms with Gasteiger partial charge in [0.25, 0.3) is 0 Å². The van der Waals surface area contributed by atoms with E-state index in [0.717, 1.165) is 16.9 Å². The van der Waals surface area contributed by atoms with Gasteiger partial charge in [-0.1, -0.05) is 19.9 Å². The lowest BCUT2D eigenvalue weighted by Gasteiger charge is -2.12. The Balaban J connectivity index is 3.06. The summed E-state index contributed by atoms with van der Waals surface area (Å²) in [5.74, 6) is 0.354. The van der Waals surface area contributed by atoms with Crippen LogP contribution in [0.3, 0.4) is 0 Å². The van der Waals surface area contributed by atoms with Crippen molar-refractivity contribution >= 4 is 14.5 Å². The van der Waals surface area contributed by atoms with E-state index in [4.69, 9.17) is 0 Å². The van der Waals surface area contributed by atoms with Crippen LogP contribution in [0.4, 0.5) is 13.2 Å². The summed E-state index contributed by atoms with van der Waals surface area (Å²) < 4.78 is 37.3. The predicted molar refractivity (Wildman–Crippen MR) is 59.3 cm³/mol. The van der Waals surface area contributed by atoms with Crippen LogP contribution in [0, 0.1) is 5.92 Å². The average Bonchev–Trinajstić information content (AvgIpc) is 2.06. The topological polar surface area (TPSA) is 0 Å². The first kappa shape index (κ1) is 12.5. The first-order chi connectivity index (χ1) is 6.80. The molecule has 0 radical (unpaired) electrons. The van der Waals surface area contributed by atoms with Crippen LogP contribution in [0.1, 0.15) is 25.0 Å². The van der Waals surface area contributed by atoms with Crippen molar-refractivity contribution in [3.8, 4) is 0 Å². The summed E-state index contributed by atoms with van der Waals surface area (Å²) in [4.78, 5) is 0. The molecule has 0 nitrogen and oxygen atoms in total. The van der Waals surface area contributed by atoms with Gasteiger partial charge in [0, 0.05) is 0 Å². The minimum atomic E-state index is -4.25. The van der Waals surface area contributed by atoms with E-state index in [9.17, 15) is 13.2 Å². The highest BCUT2D eigenvalue weighted by Gasteiger charge is 2.30. The van der Waals surface area contributed by atoms with Crippen molar-refractivity contribution in [1.82, 2.24) is 0 Å². The Morgan fingerprint density at radius 2 is 1.87 bits per heavy atom. The second-order valence-corrected chi connectivity index (χ2v) is 4.63. The van der Waals surface area contributed by atoms with E-state index in [0.29, 0.717) is 12.3 Å². The summed E-state index contributed by atoms with van der Waals surface area (Å²) in [6.45, 7) is 3.98. The summed E-state index contributed by atoms with van der Waals surface area (Å²) in [5.41, 5.74) is 0.189. The Hall–Kier alpha value is -0.560. The van der Waals surface area contributed by atoms with E-state index in [1.165, 1.54) is 12.1 Å². The van der Waals surface area contributed by atoms with Crippen molar-refractivity contribution in [1.29, 1.82) is 0 Å². The second kappa shape index (κ2) is 4.52. The molecule has 84 valence electrons. The van der Waals surface area contributed by atoms with Crippen molar-refractivity contribution < 1.29 is 13.2 Å². The molecule has 1 aromatic carbocycles. The molecule has 0 saturated carbocycles. The summed E-state index contributed by atoms with van der Waals surface area (Å²) in [7, 11) is 2.47. The van der Waals surface area contributed by atoms with Crippen LogP contribution in [-0.4, -0.2) is 0 Å². The van der Waals surface area contributed by atoms with Gasteiger partial charge in [-0.3, -0.25) is 0 Å². The first-order valence-electron chi connectivity index (χ1n) is 4.76. The van der Waals surface area contributed by atoms with Crippen LogP contribution < -0.4 is 5.30 Å². The Bertz CT molecular complexity index is 342. The lowest BCUT2D eigenvalue weighted by atomic mass is 10.0. The molecule has 0 aromatic heterocycles. The number of halogens is 3. The third-order valence-electron chi connectivity index (χ3n) is 2.10. The molecule has 0 heterocycles. The molecular weight excluding hydrogens is 220 g/mol. The molecule has 1 aromatic rings. The molecular formula is C11H14F3P. The highest BCUT2D eigenvalue weighted by molar-refractivity contribution is 7.27. The van der Waals surface area contributed by atoms with Crippen LogP contribution in [0.25, 0.3) is 0 Å². The summed E-state index contributed by atoms with van der Waals surface area (Å²) >= 11 is 0. The van der Waals surface area contributed by atoms with E-state index in [1.54, 1.807) is 0 Å². The monoisotopic (exact) mass is 234 g/mol. The molecule has 15 heavy (non-hydrogen) atoms. The molecule has 1 unspecified atom stereocenters. The van der Waals surface area contributed by atoms with Crippen molar-refractivity contribution in [2.45, 2.75) is 26.4 Å². The maximum absolute atomic E-state index is 12.4. The van der Waals surface area contributed by atoms with Crippen LogP contribution in [0.5, 0.6) is 0 Å². The Morgan fingerprint density at radius 1 is 1.27 bits per heavy atom. The van der Waals surface area contributed by atoms with Gasteiger partial charge in [0.1, 0.15) is 0 Å². The lowest BCUT2D eigenvalue weighted by Crippen LogP contribution is -2.11. The Morgan fingerprint density at radius 3 is 2.33 bits per heavy atom. The van der Waals surface area contributed by atoms with Gasteiger partial charge in [0.2, 0.25) is 0 Å². The molecule has 0 aliphatic carbocycles. The van der Waals surface area contributed by atoms with Gasteiger partial charge in [0.05, 0.1) is 5.56 Å². The highest BCUT2D eigenvalue weighted by Crippen LogP contribution is 2.29. The van der Waals surface area contributed by atoms with Crippen LogP contribution >= 0.6 is 9.24 Å².